The summed E-state index contributed by atoms with van der Waals surface area (Å²) >= 11 is 1.05. The SMILES string of the molecule is CCOC(=O)c1sc(CC(=O)/C(C#N)=C/c2cn(Cc3ccccc3C#N)c3ccccc23)c(C#N)c1C. The van der Waals surface area contributed by atoms with E-state index in [-0.39, 0.29) is 29.0 Å². The molecule has 0 spiro atoms. The van der Waals surface area contributed by atoms with Crippen LogP contribution in [0.2, 0.25) is 0 Å². The number of aromatic nitrogens is 1. The third-order valence-electron chi connectivity index (χ3n) is 6.13. The molecular formula is C30H22N4O3S. The second-order valence-corrected chi connectivity index (χ2v) is 9.56. The fourth-order valence-corrected chi connectivity index (χ4v) is 5.43. The Morgan fingerprint density at radius 1 is 1.05 bits per heavy atom. The van der Waals surface area contributed by atoms with Crippen molar-refractivity contribution in [3.05, 3.63) is 97.9 Å². The van der Waals surface area contributed by atoms with Gasteiger partial charge in [-0.2, -0.15) is 15.8 Å². The van der Waals surface area contributed by atoms with Crippen LogP contribution in [0.4, 0.5) is 0 Å². The highest BCUT2D eigenvalue weighted by molar-refractivity contribution is 7.14. The normalized spacial score (nSPS) is 11.0. The zero-order valence-corrected chi connectivity index (χ0v) is 21.6. The Morgan fingerprint density at radius 2 is 1.79 bits per heavy atom. The minimum atomic E-state index is -0.535. The third-order valence-corrected chi connectivity index (χ3v) is 7.40. The van der Waals surface area contributed by atoms with Crippen LogP contribution in [0.5, 0.6) is 0 Å². The van der Waals surface area contributed by atoms with Gasteiger partial charge in [0, 0.05) is 40.5 Å². The number of ether oxygens (including phenoxy) is 1. The van der Waals surface area contributed by atoms with Gasteiger partial charge in [0.2, 0.25) is 0 Å². The van der Waals surface area contributed by atoms with Crippen molar-refractivity contribution in [1.29, 1.82) is 15.8 Å². The van der Waals surface area contributed by atoms with Crippen molar-refractivity contribution in [3.8, 4) is 18.2 Å². The first kappa shape index (κ1) is 26.1. The minimum Gasteiger partial charge on any atom is -0.462 e. The number of carbonyl (C=O) groups excluding carboxylic acids is 2. The zero-order chi connectivity index (χ0) is 27.2. The van der Waals surface area contributed by atoms with Gasteiger partial charge in [-0.1, -0.05) is 36.4 Å². The molecule has 0 bridgehead atoms. The standard InChI is InChI=1S/C30H22N4O3S/c1-3-37-30(36)29-19(2)25(16-33)28(38-29)13-27(35)22(15-32)12-23-18-34(26-11-7-6-10-24(23)26)17-21-9-5-4-8-20(21)14-31/h4-12,18H,3,13,17H2,1-2H3/b22-12+. The summed E-state index contributed by atoms with van der Waals surface area (Å²) in [6, 6.07) is 21.3. The van der Waals surface area contributed by atoms with Gasteiger partial charge in [-0.05, 0) is 43.2 Å². The van der Waals surface area contributed by atoms with Crippen LogP contribution in [-0.4, -0.2) is 22.9 Å². The Balaban J connectivity index is 1.69. The quantitative estimate of drug-likeness (QED) is 0.168. The third kappa shape index (κ3) is 5.11. The zero-order valence-electron chi connectivity index (χ0n) is 20.8. The number of carbonyl (C=O) groups is 2. The van der Waals surface area contributed by atoms with Gasteiger partial charge < -0.3 is 9.30 Å². The van der Waals surface area contributed by atoms with E-state index >= 15 is 0 Å². The molecule has 0 saturated heterocycles. The van der Waals surface area contributed by atoms with Gasteiger partial charge in [-0.25, -0.2) is 4.79 Å². The number of allylic oxidation sites excluding steroid dienone is 1. The van der Waals surface area contributed by atoms with Crippen molar-refractivity contribution in [1.82, 2.24) is 4.57 Å². The number of hydrogen-bond donors (Lipinski definition) is 0. The number of para-hydroxylation sites is 1. The van der Waals surface area contributed by atoms with Crippen LogP contribution in [0.15, 0.2) is 60.3 Å². The van der Waals surface area contributed by atoms with Crippen LogP contribution in [0.1, 0.15) is 49.3 Å². The van der Waals surface area contributed by atoms with E-state index in [2.05, 4.69) is 12.1 Å². The van der Waals surface area contributed by atoms with Crippen molar-refractivity contribution in [2.45, 2.75) is 26.8 Å². The smallest absolute Gasteiger partial charge is 0.348 e. The lowest BCUT2D eigenvalue weighted by molar-refractivity contribution is -0.114. The van der Waals surface area contributed by atoms with Gasteiger partial charge in [0.1, 0.15) is 17.0 Å². The number of benzene rings is 2. The molecule has 0 aliphatic heterocycles. The Kier molecular flexibility index (Phi) is 7.83. The summed E-state index contributed by atoms with van der Waals surface area (Å²) in [5, 5.41) is 29.8. The molecule has 0 saturated carbocycles. The van der Waals surface area contributed by atoms with Crippen molar-refractivity contribution < 1.29 is 14.3 Å². The fourth-order valence-electron chi connectivity index (χ4n) is 4.28. The first-order valence-corrected chi connectivity index (χ1v) is 12.6. The van der Waals surface area contributed by atoms with Crippen LogP contribution < -0.4 is 0 Å². The molecule has 8 heteroatoms. The summed E-state index contributed by atoms with van der Waals surface area (Å²) in [5.41, 5.74) is 3.71. The molecule has 0 fully saturated rings. The topological polar surface area (TPSA) is 120 Å². The maximum atomic E-state index is 13.2. The summed E-state index contributed by atoms with van der Waals surface area (Å²) in [7, 11) is 0. The molecule has 7 nitrogen and oxygen atoms in total. The highest BCUT2D eigenvalue weighted by atomic mass is 32.1. The van der Waals surface area contributed by atoms with E-state index in [1.165, 1.54) is 0 Å². The predicted octanol–water partition coefficient (Wildman–Crippen LogP) is 5.70. The predicted molar refractivity (Wildman–Crippen MR) is 144 cm³/mol. The number of esters is 1. The van der Waals surface area contributed by atoms with E-state index in [4.69, 9.17) is 4.74 Å². The number of rotatable bonds is 8. The second kappa shape index (κ2) is 11.4. The van der Waals surface area contributed by atoms with E-state index in [0.717, 1.165) is 27.8 Å². The largest absolute Gasteiger partial charge is 0.462 e. The molecule has 0 atom stereocenters. The van der Waals surface area contributed by atoms with Gasteiger partial charge in [-0.15, -0.1) is 11.3 Å². The van der Waals surface area contributed by atoms with E-state index in [0.29, 0.717) is 28.1 Å². The van der Waals surface area contributed by atoms with Crippen molar-refractivity contribution in [2.24, 2.45) is 0 Å². The van der Waals surface area contributed by atoms with Gasteiger partial charge in [0.25, 0.3) is 0 Å². The molecule has 0 unspecified atom stereocenters. The van der Waals surface area contributed by atoms with E-state index < -0.39 is 11.8 Å². The minimum absolute atomic E-state index is 0.0574. The van der Waals surface area contributed by atoms with E-state index in [1.54, 1.807) is 26.0 Å². The number of hydrogen-bond acceptors (Lipinski definition) is 7. The number of ketones is 1. The Labute approximate surface area is 224 Å². The number of nitrogens with zero attached hydrogens (tertiary/aromatic N) is 4. The van der Waals surface area contributed by atoms with Gasteiger partial charge in [-0.3, -0.25) is 4.79 Å². The Morgan fingerprint density at radius 3 is 2.50 bits per heavy atom. The molecule has 186 valence electrons. The summed E-state index contributed by atoms with van der Waals surface area (Å²) in [5.74, 6) is -0.987. The fraction of sp³-hybridized carbons (Fsp3) is 0.167. The molecule has 0 aliphatic rings. The lowest BCUT2D eigenvalue weighted by atomic mass is 10.0. The van der Waals surface area contributed by atoms with Crippen LogP contribution in [0, 0.1) is 40.9 Å². The van der Waals surface area contributed by atoms with Crippen molar-refractivity contribution >= 4 is 40.1 Å². The molecule has 38 heavy (non-hydrogen) atoms. The maximum Gasteiger partial charge on any atom is 0.348 e. The average Bonchev–Trinajstić information content (AvgIpc) is 3.43. The van der Waals surface area contributed by atoms with Crippen LogP contribution in [-0.2, 0) is 22.5 Å². The van der Waals surface area contributed by atoms with Crippen LogP contribution in [0.25, 0.3) is 17.0 Å². The summed E-state index contributed by atoms with van der Waals surface area (Å²) in [6.07, 6.45) is 3.23. The number of fused-ring (bicyclic) bond motifs is 1. The highest BCUT2D eigenvalue weighted by Gasteiger charge is 2.23. The monoisotopic (exact) mass is 518 g/mol. The van der Waals surface area contributed by atoms with E-state index in [9.17, 15) is 25.4 Å². The molecular weight excluding hydrogens is 496 g/mol. The maximum absolute atomic E-state index is 13.2. The highest BCUT2D eigenvalue weighted by Crippen LogP contribution is 2.30. The first-order valence-electron chi connectivity index (χ1n) is 11.8. The van der Waals surface area contributed by atoms with Gasteiger partial charge in [0.05, 0.1) is 29.4 Å². The molecule has 0 N–H and O–H groups in total. The van der Waals surface area contributed by atoms with Crippen molar-refractivity contribution in [2.75, 3.05) is 6.61 Å². The second-order valence-electron chi connectivity index (χ2n) is 8.45. The molecule has 4 rings (SSSR count). The lowest BCUT2D eigenvalue weighted by Crippen LogP contribution is -2.05. The Bertz CT molecular complexity index is 1720. The van der Waals surface area contributed by atoms with Gasteiger partial charge in [0.15, 0.2) is 5.78 Å². The van der Waals surface area contributed by atoms with Crippen LogP contribution in [0.3, 0.4) is 0 Å². The molecule has 0 radical (unpaired) electrons. The Hall–Kier alpha value is -4.97. The van der Waals surface area contributed by atoms with Crippen LogP contribution >= 0.6 is 11.3 Å². The molecule has 2 heterocycles. The van der Waals surface area contributed by atoms with Gasteiger partial charge >= 0.3 is 5.97 Å². The molecule has 2 aromatic heterocycles. The molecule has 0 aliphatic carbocycles. The summed E-state index contributed by atoms with van der Waals surface area (Å²) < 4.78 is 7.05. The molecule has 0 amide bonds. The van der Waals surface area contributed by atoms with E-state index in [1.807, 2.05) is 59.3 Å². The first-order chi connectivity index (χ1) is 18.4. The number of nitriles is 3. The number of thiophene rings is 1. The molecule has 2 aromatic carbocycles. The molecule has 4 aromatic rings. The summed E-state index contributed by atoms with van der Waals surface area (Å²) in [6.45, 7) is 3.99. The number of Topliss-reactive ketones (excluding diaryl/α,β-unsaturated/α-hetero) is 1. The van der Waals surface area contributed by atoms with Crippen molar-refractivity contribution in [3.63, 3.8) is 0 Å². The lowest BCUT2D eigenvalue weighted by Gasteiger charge is -2.07. The summed E-state index contributed by atoms with van der Waals surface area (Å²) in [4.78, 5) is 26.2. The average molecular weight is 519 g/mol.